The second-order valence-electron chi connectivity index (χ2n) is 8.56. The number of anilines is 1. The van der Waals surface area contributed by atoms with Gasteiger partial charge in [-0.2, -0.15) is 0 Å². The van der Waals surface area contributed by atoms with E-state index in [2.05, 4.69) is 20.1 Å². The molecule has 1 aromatic heterocycles. The van der Waals surface area contributed by atoms with Crippen LogP contribution < -0.4 is 15.6 Å². The molecule has 0 bridgehead atoms. The highest BCUT2D eigenvalue weighted by atomic mass is 32.2. The van der Waals surface area contributed by atoms with Gasteiger partial charge in [-0.15, -0.1) is 0 Å². The van der Waals surface area contributed by atoms with Crippen molar-refractivity contribution in [2.24, 2.45) is 0 Å². The van der Waals surface area contributed by atoms with Crippen LogP contribution in [0, 0.1) is 0 Å². The summed E-state index contributed by atoms with van der Waals surface area (Å²) in [5.41, 5.74) is 8.56. The summed E-state index contributed by atoms with van der Waals surface area (Å²) in [6.07, 6.45) is 5.79. The first kappa shape index (κ1) is 21.7. The molecule has 3 N–H and O–H groups in total. The number of hydrazine groups is 1. The van der Waals surface area contributed by atoms with Crippen molar-refractivity contribution in [3.8, 4) is 11.4 Å². The molecular weight excluding hydrogens is 438 g/mol. The number of carbonyl (C=O) groups excluding carboxylic acids is 1. The second-order valence-corrected chi connectivity index (χ2v) is 10.3. The van der Waals surface area contributed by atoms with Gasteiger partial charge in [0, 0.05) is 18.2 Å². The van der Waals surface area contributed by atoms with Gasteiger partial charge < -0.3 is 4.57 Å². The lowest BCUT2D eigenvalue weighted by Gasteiger charge is -2.10. The topological polar surface area (TPSA) is 105 Å². The van der Waals surface area contributed by atoms with E-state index in [-0.39, 0.29) is 16.8 Å². The fourth-order valence-corrected chi connectivity index (χ4v) is 5.41. The Labute approximate surface area is 193 Å². The average Bonchev–Trinajstić information content (AvgIpc) is 3.61. The van der Waals surface area contributed by atoms with Crippen molar-refractivity contribution in [3.05, 3.63) is 66.0 Å². The molecule has 0 spiro atoms. The maximum Gasteiger partial charge on any atom is 0.290 e. The first-order valence-corrected chi connectivity index (χ1v) is 12.8. The zero-order valence-corrected chi connectivity index (χ0v) is 19.1. The molecule has 2 aliphatic rings. The van der Waals surface area contributed by atoms with Crippen LogP contribution in [0.25, 0.3) is 11.4 Å². The Balaban J connectivity index is 1.32. The maximum atomic E-state index is 13.0. The van der Waals surface area contributed by atoms with E-state index >= 15 is 0 Å². The van der Waals surface area contributed by atoms with Gasteiger partial charge in [0.05, 0.1) is 16.3 Å². The standard InChI is InChI=1S/C24H27N5O3S/c30-24(27-26-18-12-14-20(15-13-18)33(31,32)28-19-10-11-19)22-21-9-5-2-6-16-29(21)23(25-22)17-7-3-1-4-8-17/h1,3-4,7-8,12-15,19,26,28H,2,5-6,9-11,16H2,(H,27,30). The van der Waals surface area contributed by atoms with Gasteiger partial charge in [0.2, 0.25) is 10.0 Å². The molecule has 2 aromatic carbocycles. The number of benzene rings is 2. The summed E-state index contributed by atoms with van der Waals surface area (Å²) in [6, 6.07) is 16.3. The van der Waals surface area contributed by atoms with E-state index < -0.39 is 10.0 Å². The number of carbonyl (C=O) groups is 1. The lowest BCUT2D eigenvalue weighted by atomic mass is 10.1. The SMILES string of the molecule is O=C(NNc1ccc(S(=O)(=O)NC2CC2)cc1)c1nc(-c2ccccc2)n2c1CCCCC2. The van der Waals surface area contributed by atoms with E-state index in [4.69, 9.17) is 4.98 Å². The molecule has 33 heavy (non-hydrogen) atoms. The summed E-state index contributed by atoms with van der Waals surface area (Å²) in [5, 5.41) is 0. The van der Waals surface area contributed by atoms with Crippen molar-refractivity contribution in [2.75, 3.05) is 5.43 Å². The number of rotatable bonds is 7. The minimum atomic E-state index is -3.50. The van der Waals surface area contributed by atoms with Crippen molar-refractivity contribution >= 4 is 21.6 Å². The number of sulfonamides is 1. The monoisotopic (exact) mass is 465 g/mol. The summed E-state index contributed by atoms with van der Waals surface area (Å²) in [6.45, 7) is 0.845. The van der Waals surface area contributed by atoms with Gasteiger partial charge in [-0.1, -0.05) is 36.8 Å². The molecule has 1 amide bonds. The molecule has 8 nitrogen and oxygen atoms in total. The Hall–Kier alpha value is -3.17. The third kappa shape index (κ3) is 4.79. The maximum absolute atomic E-state index is 13.0. The van der Waals surface area contributed by atoms with Crippen LogP contribution in [-0.2, 0) is 23.0 Å². The van der Waals surface area contributed by atoms with Crippen molar-refractivity contribution in [2.45, 2.75) is 56.0 Å². The quantitative estimate of drug-likeness (QED) is 0.464. The number of imidazole rings is 1. The zero-order valence-electron chi connectivity index (χ0n) is 18.3. The Bertz CT molecular complexity index is 1250. The van der Waals surface area contributed by atoms with Crippen molar-refractivity contribution < 1.29 is 13.2 Å². The third-order valence-corrected chi connectivity index (χ3v) is 7.54. The van der Waals surface area contributed by atoms with Gasteiger partial charge in [0.25, 0.3) is 5.91 Å². The van der Waals surface area contributed by atoms with E-state index in [1.807, 2.05) is 30.3 Å². The number of hydrogen-bond acceptors (Lipinski definition) is 5. The highest BCUT2D eigenvalue weighted by Gasteiger charge is 2.28. The first-order valence-electron chi connectivity index (χ1n) is 11.3. The molecule has 1 saturated carbocycles. The molecule has 172 valence electrons. The minimum Gasteiger partial charge on any atom is -0.327 e. The third-order valence-electron chi connectivity index (χ3n) is 6.00. The molecule has 0 unspecified atom stereocenters. The van der Waals surface area contributed by atoms with Crippen molar-refractivity contribution in [1.29, 1.82) is 0 Å². The Morgan fingerprint density at radius 2 is 1.73 bits per heavy atom. The molecule has 1 aliphatic heterocycles. The highest BCUT2D eigenvalue weighted by Crippen LogP contribution is 2.27. The summed E-state index contributed by atoms with van der Waals surface area (Å²) in [5.74, 6) is 0.505. The van der Waals surface area contributed by atoms with E-state index in [0.717, 1.165) is 62.2 Å². The molecule has 3 aromatic rings. The van der Waals surface area contributed by atoms with Gasteiger partial charge in [-0.05, 0) is 56.4 Å². The van der Waals surface area contributed by atoms with Gasteiger partial charge in [-0.25, -0.2) is 18.1 Å². The van der Waals surface area contributed by atoms with Crippen LogP contribution in [0.5, 0.6) is 0 Å². The van der Waals surface area contributed by atoms with Crippen LogP contribution in [0.3, 0.4) is 0 Å². The Kier molecular flexibility index (Phi) is 5.90. The number of aromatic nitrogens is 2. The summed E-state index contributed by atoms with van der Waals surface area (Å²) in [4.78, 5) is 18.0. The Morgan fingerprint density at radius 3 is 2.45 bits per heavy atom. The zero-order chi connectivity index (χ0) is 22.8. The summed E-state index contributed by atoms with van der Waals surface area (Å²) >= 11 is 0. The molecule has 9 heteroatoms. The van der Waals surface area contributed by atoms with E-state index in [1.54, 1.807) is 12.1 Å². The van der Waals surface area contributed by atoms with Crippen LogP contribution in [0.15, 0.2) is 59.5 Å². The predicted octanol–water partition coefficient (Wildman–Crippen LogP) is 3.47. The fourth-order valence-electron chi connectivity index (χ4n) is 4.10. The van der Waals surface area contributed by atoms with Crippen LogP contribution in [0.4, 0.5) is 5.69 Å². The number of fused-ring (bicyclic) bond motifs is 1. The van der Waals surface area contributed by atoms with E-state index in [1.165, 1.54) is 12.1 Å². The predicted molar refractivity (Wildman–Crippen MR) is 126 cm³/mol. The van der Waals surface area contributed by atoms with Crippen LogP contribution in [0.1, 0.15) is 48.3 Å². The van der Waals surface area contributed by atoms with Crippen molar-refractivity contribution in [3.63, 3.8) is 0 Å². The molecule has 0 radical (unpaired) electrons. The normalized spacial score (nSPS) is 16.0. The highest BCUT2D eigenvalue weighted by molar-refractivity contribution is 7.89. The number of hydrogen-bond donors (Lipinski definition) is 3. The van der Waals surface area contributed by atoms with Crippen LogP contribution in [-0.4, -0.2) is 29.9 Å². The lowest BCUT2D eigenvalue weighted by molar-refractivity contribution is 0.0957. The Morgan fingerprint density at radius 1 is 0.970 bits per heavy atom. The van der Waals surface area contributed by atoms with Crippen LogP contribution in [0.2, 0.25) is 0 Å². The minimum absolute atomic E-state index is 0.0536. The summed E-state index contributed by atoms with van der Waals surface area (Å²) < 4.78 is 29.5. The van der Waals surface area contributed by atoms with E-state index in [9.17, 15) is 13.2 Å². The van der Waals surface area contributed by atoms with Gasteiger partial charge in [0.1, 0.15) is 5.82 Å². The van der Waals surface area contributed by atoms with Crippen LogP contribution >= 0.6 is 0 Å². The smallest absolute Gasteiger partial charge is 0.290 e. The molecule has 2 heterocycles. The van der Waals surface area contributed by atoms with Gasteiger partial charge in [0.15, 0.2) is 5.69 Å². The molecule has 0 atom stereocenters. The average molecular weight is 466 g/mol. The second kappa shape index (κ2) is 8.99. The van der Waals surface area contributed by atoms with E-state index in [0.29, 0.717) is 11.4 Å². The van der Waals surface area contributed by atoms with Gasteiger partial charge >= 0.3 is 0 Å². The number of nitrogens with one attached hydrogen (secondary N) is 3. The molecule has 1 fully saturated rings. The first-order chi connectivity index (χ1) is 16.0. The number of amides is 1. The summed E-state index contributed by atoms with van der Waals surface area (Å²) in [7, 11) is -3.50. The van der Waals surface area contributed by atoms with Crippen molar-refractivity contribution in [1.82, 2.24) is 19.7 Å². The largest absolute Gasteiger partial charge is 0.327 e. The molecule has 0 saturated heterocycles. The molecule has 1 aliphatic carbocycles. The molecular formula is C24H27N5O3S. The van der Waals surface area contributed by atoms with Gasteiger partial charge in [-0.3, -0.25) is 15.6 Å². The fraction of sp³-hybridized carbons (Fsp3) is 0.333. The lowest BCUT2D eigenvalue weighted by Crippen LogP contribution is -2.30. The number of nitrogens with zero attached hydrogens (tertiary/aromatic N) is 2. The molecule has 5 rings (SSSR count).